The average Bonchev–Trinajstić information content (AvgIpc) is 2.94. The average molecular weight is 356 g/mol. The monoisotopic (exact) mass is 356 g/mol. The smallest absolute Gasteiger partial charge is 0.242 e. The maximum Gasteiger partial charge on any atom is 0.242 e. The number of amides is 3. The van der Waals surface area contributed by atoms with Crippen molar-refractivity contribution in [3.05, 3.63) is 36.0 Å². The number of aromatic nitrogens is 1. The molecule has 7 nitrogen and oxygen atoms in total. The lowest BCUT2D eigenvalue weighted by molar-refractivity contribution is -0.146. The van der Waals surface area contributed by atoms with Crippen molar-refractivity contribution in [3.63, 3.8) is 0 Å². The van der Waals surface area contributed by atoms with Crippen LogP contribution >= 0.6 is 0 Å². The van der Waals surface area contributed by atoms with E-state index >= 15 is 0 Å². The summed E-state index contributed by atoms with van der Waals surface area (Å²) in [5.74, 6) is -0.808. The van der Waals surface area contributed by atoms with Gasteiger partial charge in [0.25, 0.3) is 0 Å². The molecule has 138 valence electrons. The minimum Gasteiger partial charge on any atom is -0.368 e. The van der Waals surface area contributed by atoms with E-state index in [9.17, 15) is 14.4 Å². The summed E-state index contributed by atoms with van der Waals surface area (Å²) in [6.45, 7) is 4.94. The lowest BCUT2D eigenvalue weighted by Crippen LogP contribution is -2.60. The van der Waals surface area contributed by atoms with Gasteiger partial charge in [0.05, 0.1) is 6.54 Å². The number of aryl methyl sites for hydroxylation is 2. The summed E-state index contributed by atoms with van der Waals surface area (Å²) >= 11 is 0. The van der Waals surface area contributed by atoms with Gasteiger partial charge in [-0.25, -0.2) is 0 Å². The van der Waals surface area contributed by atoms with Crippen LogP contribution in [-0.2, 0) is 20.9 Å². The van der Waals surface area contributed by atoms with Crippen LogP contribution in [0.1, 0.15) is 19.0 Å². The van der Waals surface area contributed by atoms with Crippen LogP contribution < -0.4 is 5.73 Å². The molecule has 0 saturated carbocycles. The first-order valence-corrected chi connectivity index (χ1v) is 8.77. The molecular weight excluding hydrogens is 332 g/mol. The molecule has 3 rings (SSSR count). The van der Waals surface area contributed by atoms with E-state index in [2.05, 4.69) is 16.7 Å². The van der Waals surface area contributed by atoms with Crippen LogP contribution in [-0.4, -0.2) is 57.8 Å². The van der Waals surface area contributed by atoms with Gasteiger partial charge < -0.3 is 20.1 Å². The van der Waals surface area contributed by atoms with E-state index in [4.69, 9.17) is 5.73 Å². The number of benzene rings is 1. The Balaban J connectivity index is 1.67. The minimum atomic E-state index is -0.751. The highest BCUT2D eigenvalue weighted by atomic mass is 16.2. The van der Waals surface area contributed by atoms with E-state index < -0.39 is 11.9 Å². The second-order valence-electron chi connectivity index (χ2n) is 6.72. The van der Waals surface area contributed by atoms with E-state index in [1.165, 1.54) is 11.8 Å². The van der Waals surface area contributed by atoms with Gasteiger partial charge in [0, 0.05) is 44.2 Å². The number of piperazine rings is 1. The number of hydrogen-bond acceptors (Lipinski definition) is 3. The Hall–Kier alpha value is -2.83. The highest BCUT2D eigenvalue weighted by Crippen LogP contribution is 2.20. The molecule has 3 amide bonds. The van der Waals surface area contributed by atoms with E-state index in [1.54, 1.807) is 4.90 Å². The van der Waals surface area contributed by atoms with Gasteiger partial charge in [0.15, 0.2) is 0 Å². The van der Waals surface area contributed by atoms with Gasteiger partial charge in [-0.15, -0.1) is 0 Å². The number of nitrogens with two attached hydrogens (primary N) is 1. The molecular formula is C19H24N4O3. The van der Waals surface area contributed by atoms with Crippen molar-refractivity contribution < 1.29 is 14.4 Å². The quantitative estimate of drug-likeness (QED) is 0.882. The Morgan fingerprint density at radius 2 is 1.92 bits per heavy atom. The number of hydrogen-bond donors (Lipinski definition) is 1. The zero-order chi connectivity index (χ0) is 18.8. The van der Waals surface area contributed by atoms with Crippen LogP contribution in [0, 0.1) is 6.92 Å². The van der Waals surface area contributed by atoms with Crippen molar-refractivity contribution in [3.8, 4) is 0 Å². The van der Waals surface area contributed by atoms with Crippen molar-refractivity contribution in [2.75, 3.05) is 19.6 Å². The predicted octanol–water partition coefficient (Wildman–Crippen LogP) is 0.884. The van der Waals surface area contributed by atoms with Gasteiger partial charge in [0.1, 0.15) is 6.04 Å². The molecule has 2 aromatic rings. The highest BCUT2D eigenvalue weighted by molar-refractivity contribution is 5.87. The molecule has 2 N–H and O–H groups in total. The fourth-order valence-electron chi connectivity index (χ4n) is 3.64. The summed E-state index contributed by atoms with van der Waals surface area (Å²) in [5, 5.41) is 1.15. The first-order chi connectivity index (χ1) is 12.4. The summed E-state index contributed by atoms with van der Waals surface area (Å²) in [4.78, 5) is 39.0. The maximum absolute atomic E-state index is 12.6. The zero-order valence-electron chi connectivity index (χ0n) is 15.1. The second-order valence-corrected chi connectivity index (χ2v) is 6.72. The van der Waals surface area contributed by atoms with Gasteiger partial charge in [0.2, 0.25) is 17.7 Å². The second kappa shape index (κ2) is 7.19. The molecule has 1 aliphatic heterocycles. The normalized spacial score (nSPS) is 17.5. The number of rotatable bonds is 4. The van der Waals surface area contributed by atoms with Gasteiger partial charge >= 0.3 is 0 Å². The molecule has 0 aliphatic carbocycles. The fourth-order valence-corrected chi connectivity index (χ4v) is 3.64. The molecule has 0 spiro atoms. The van der Waals surface area contributed by atoms with Gasteiger partial charge in [-0.05, 0) is 24.4 Å². The standard InChI is InChI=1S/C19H24N4O3/c1-13-11-15-5-3-4-6-16(15)22(13)8-7-18(25)21-9-10-23(14(2)24)17(12-21)19(20)26/h3-6,11,17H,7-10,12H2,1-2H3,(H2,20,26). The molecule has 1 atom stereocenters. The van der Waals surface area contributed by atoms with Gasteiger partial charge in [-0.2, -0.15) is 0 Å². The molecule has 0 radical (unpaired) electrons. The maximum atomic E-state index is 12.6. The third-order valence-corrected chi connectivity index (χ3v) is 5.03. The summed E-state index contributed by atoms with van der Waals surface area (Å²) < 4.78 is 2.13. The van der Waals surface area contributed by atoms with Crippen molar-refractivity contribution in [1.82, 2.24) is 14.4 Å². The van der Waals surface area contributed by atoms with Crippen LogP contribution in [0.25, 0.3) is 10.9 Å². The van der Waals surface area contributed by atoms with E-state index in [1.807, 2.05) is 25.1 Å². The van der Waals surface area contributed by atoms with E-state index in [0.717, 1.165) is 16.6 Å². The number of primary amides is 1. The van der Waals surface area contributed by atoms with Crippen molar-refractivity contribution in [1.29, 1.82) is 0 Å². The van der Waals surface area contributed by atoms with Crippen molar-refractivity contribution in [2.45, 2.75) is 32.9 Å². The molecule has 1 unspecified atom stereocenters. The van der Waals surface area contributed by atoms with Gasteiger partial charge in [-0.3, -0.25) is 14.4 Å². The highest BCUT2D eigenvalue weighted by Gasteiger charge is 2.34. The molecule has 7 heteroatoms. The van der Waals surface area contributed by atoms with Crippen molar-refractivity contribution >= 4 is 28.6 Å². The van der Waals surface area contributed by atoms with E-state index in [-0.39, 0.29) is 18.4 Å². The number of nitrogens with zero attached hydrogens (tertiary/aromatic N) is 3. The minimum absolute atomic E-state index is 0.0309. The Morgan fingerprint density at radius 1 is 1.19 bits per heavy atom. The Bertz CT molecular complexity index is 858. The number of para-hydroxylation sites is 1. The molecule has 0 bridgehead atoms. The number of fused-ring (bicyclic) bond motifs is 1. The number of carbonyl (C=O) groups excluding carboxylic acids is 3. The zero-order valence-corrected chi connectivity index (χ0v) is 15.1. The summed E-state index contributed by atoms with van der Waals surface area (Å²) in [5.41, 5.74) is 7.63. The van der Waals surface area contributed by atoms with Crippen LogP contribution in [0.4, 0.5) is 0 Å². The number of carbonyl (C=O) groups is 3. The SMILES string of the molecule is CC(=O)N1CCN(C(=O)CCn2c(C)cc3ccccc32)CC1C(N)=O. The summed E-state index contributed by atoms with van der Waals surface area (Å²) in [7, 11) is 0. The first-order valence-electron chi connectivity index (χ1n) is 8.77. The third-order valence-electron chi connectivity index (χ3n) is 5.03. The Labute approximate surface area is 152 Å². The Kier molecular flexibility index (Phi) is 4.97. The molecule has 26 heavy (non-hydrogen) atoms. The molecule has 1 aromatic heterocycles. The van der Waals surface area contributed by atoms with Gasteiger partial charge in [-0.1, -0.05) is 18.2 Å². The van der Waals surface area contributed by atoms with Crippen LogP contribution in [0.15, 0.2) is 30.3 Å². The summed E-state index contributed by atoms with van der Waals surface area (Å²) in [6, 6.07) is 9.43. The summed E-state index contributed by atoms with van der Waals surface area (Å²) in [6.07, 6.45) is 0.338. The van der Waals surface area contributed by atoms with Crippen LogP contribution in [0.5, 0.6) is 0 Å². The third kappa shape index (κ3) is 3.42. The molecule has 1 fully saturated rings. The van der Waals surface area contributed by atoms with Crippen LogP contribution in [0.3, 0.4) is 0 Å². The molecule has 1 aromatic carbocycles. The lowest BCUT2D eigenvalue weighted by Gasteiger charge is -2.39. The van der Waals surface area contributed by atoms with Crippen molar-refractivity contribution in [2.24, 2.45) is 5.73 Å². The predicted molar refractivity (Wildman–Crippen MR) is 98.2 cm³/mol. The van der Waals surface area contributed by atoms with Crippen LogP contribution in [0.2, 0.25) is 0 Å². The lowest BCUT2D eigenvalue weighted by atomic mass is 10.1. The first kappa shape index (κ1) is 18.0. The molecule has 1 saturated heterocycles. The molecule has 1 aliphatic rings. The Morgan fingerprint density at radius 3 is 2.62 bits per heavy atom. The van der Waals surface area contributed by atoms with E-state index in [0.29, 0.717) is 26.1 Å². The molecule has 2 heterocycles. The largest absolute Gasteiger partial charge is 0.368 e. The fraction of sp³-hybridized carbons (Fsp3) is 0.421. The topological polar surface area (TPSA) is 88.6 Å².